The van der Waals surface area contributed by atoms with E-state index in [1.165, 1.54) is 12.2 Å². The average Bonchev–Trinajstić information content (AvgIpc) is 2.89. The summed E-state index contributed by atoms with van der Waals surface area (Å²) >= 11 is 0. The van der Waals surface area contributed by atoms with Gasteiger partial charge in [-0.3, -0.25) is 19.3 Å². The number of ether oxygens (including phenoxy) is 3. The zero-order chi connectivity index (χ0) is 17.6. The highest BCUT2D eigenvalue weighted by atomic mass is 16.5. The molecule has 0 aromatic heterocycles. The molecular formula is C15H25N3O6. The van der Waals surface area contributed by atoms with Gasteiger partial charge in [0.15, 0.2) is 0 Å². The second kappa shape index (κ2) is 12.6. The molecule has 0 fully saturated rings. The predicted octanol–water partition coefficient (Wildman–Crippen LogP) is -1.57. The summed E-state index contributed by atoms with van der Waals surface area (Å²) in [6, 6.07) is 0. The molecule has 0 unspecified atom stereocenters. The maximum Gasteiger partial charge on any atom is 0.253 e. The van der Waals surface area contributed by atoms with Crippen LogP contribution in [0.15, 0.2) is 12.2 Å². The molecule has 3 N–H and O–H groups in total. The third-order valence-electron chi connectivity index (χ3n) is 3.04. The van der Waals surface area contributed by atoms with Crippen molar-refractivity contribution >= 4 is 17.7 Å². The molecule has 24 heavy (non-hydrogen) atoms. The lowest BCUT2D eigenvalue weighted by Gasteiger charge is -2.13. The Kier molecular flexibility index (Phi) is 10.6. The largest absolute Gasteiger partial charge is 0.378 e. The van der Waals surface area contributed by atoms with E-state index in [9.17, 15) is 14.4 Å². The Bertz CT molecular complexity index is 423. The van der Waals surface area contributed by atoms with Crippen molar-refractivity contribution in [1.82, 2.24) is 10.2 Å². The van der Waals surface area contributed by atoms with Crippen LogP contribution >= 0.6 is 0 Å². The van der Waals surface area contributed by atoms with Crippen molar-refractivity contribution in [3.63, 3.8) is 0 Å². The highest BCUT2D eigenvalue weighted by Crippen LogP contribution is 2.03. The number of imide groups is 1. The highest BCUT2D eigenvalue weighted by molar-refractivity contribution is 6.13. The second-order valence-electron chi connectivity index (χ2n) is 4.89. The van der Waals surface area contributed by atoms with Crippen molar-refractivity contribution in [3.05, 3.63) is 12.2 Å². The van der Waals surface area contributed by atoms with Crippen LogP contribution in [0.1, 0.15) is 6.42 Å². The Balaban J connectivity index is 1.88. The smallest absolute Gasteiger partial charge is 0.253 e. The van der Waals surface area contributed by atoms with E-state index in [4.69, 9.17) is 19.9 Å². The van der Waals surface area contributed by atoms with Gasteiger partial charge in [-0.05, 0) is 0 Å². The van der Waals surface area contributed by atoms with E-state index < -0.39 is 0 Å². The van der Waals surface area contributed by atoms with Crippen molar-refractivity contribution < 1.29 is 28.6 Å². The van der Waals surface area contributed by atoms with Crippen molar-refractivity contribution in [3.8, 4) is 0 Å². The van der Waals surface area contributed by atoms with Crippen LogP contribution in [0.2, 0.25) is 0 Å². The van der Waals surface area contributed by atoms with Crippen LogP contribution in [0.25, 0.3) is 0 Å². The highest BCUT2D eigenvalue weighted by Gasteiger charge is 2.23. The fourth-order valence-corrected chi connectivity index (χ4v) is 1.84. The Hall–Kier alpha value is -1.81. The summed E-state index contributed by atoms with van der Waals surface area (Å²) in [6.45, 7) is 3.69. The van der Waals surface area contributed by atoms with Gasteiger partial charge in [-0.2, -0.15) is 0 Å². The summed E-state index contributed by atoms with van der Waals surface area (Å²) in [4.78, 5) is 35.2. The zero-order valence-electron chi connectivity index (χ0n) is 13.7. The number of carbonyl (C=O) groups excluding carboxylic acids is 3. The normalized spacial score (nSPS) is 13.8. The molecule has 1 aliphatic heterocycles. The number of nitrogens with zero attached hydrogens (tertiary/aromatic N) is 1. The molecule has 9 nitrogen and oxygen atoms in total. The third kappa shape index (κ3) is 8.73. The van der Waals surface area contributed by atoms with E-state index in [2.05, 4.69) is 5.32 Å². The van der Waals surface area contributed by atoms with E-state index in [1.54, 1.807) is 0 Å². The number of hydrogen-bond acceptors (Lipinski definition) is 7. The molecule has 0 saturated carbocycles. The molecule has 0 aromatic rings. The molecule has 9 heteroatoms. The van der Waals surface area contributed by atoms with Crippen LogP contribution in [-0.2, 0) is 28.6 Å². The summed E-state index contributed by atoms with van der Waals surface area (Å²) in [6.07, 6.45) is 2.46. The van der Waals surface area contributed by atoms with Gasteiger partial charge in [0, 0.05) is 38.2 Å². The van der Waals surface area contributed by atoms with Gasteiger partial charge in [0.25, 0.3) is 11.8 Å². The molecule has 1 heterocycles. The van der Waals surface area contributed by atoms with Gasteiger partial charge >= 0.3 is 0 Å². The molecule has 0 aromatic carbocycles. The Labute approximate surface area is 141 Å². The molecule has 0 atom stereocenters. The van der Waals surface area contributed by atoms with Gasteiger partial charge in [0.1, 0.15) is 0 Å². The number of hydrogen-bond donors (Lipinski definition) is 2. The van der Waals surface area contributed by atoms with Crippen LogP contribution in [0, 0.1) is 0 Å². The molecular weight excluding hydrogens is 318 g/mol. The first-order valence-corrected chi connectivity index (χ1v) is 7.88. The SMILES string of the molecule is NCCOCCOCCOCCNC(=O)CCN1C(=O)C=CC1=O. The van der Waals surface area contributed by atoms with Gasteiger partial charge in [-0.1, -0.05) is 0 Å². The van der Waals surface area contributed by atoms with Crippen molar-refractivity contribution in [2.75, 3.05) is 59.3 Å². The fourth-order valence-electron chi connectivity index (χ4n) is 1.84. The minimum atomic E-state index is -0.385. The molecule has 0 radical (unpaired) electrons. The minimum absolute atomic E-state index is 0.0745. The Morgan fingerprint density at radius 1 is 0.958 bits per heavy atom. The summed E-state index contributed by atoms with van der Waals surface area (Å²) in [5, 5.41) is 2.66. The molecule has 1 rings (SSSR count). The summed E-state index contributed by atoms with van der Waals surface area (Å²) in [7, 11) is 0. The summed E-state index contributed by atoms with van der Waals surface area (Å²) in [5.41, 5.74) is 5.27. The summed E-state index contributed by atoms with van der Waals surface area (Å²) in [5.74, 6) is -1.01. The standard InChI is InChI=1S/C15H25N3O6/c16-4-7-22-9-11-24-12-10-23-8-5-17-13(19)3-6-18-14(20)1-2-15(18)21/h1-2H,3-12,16H2,(H,17,19). The Morgan fingerprint density at radius 3 is 2.08 bits per heavy atom. The van der Waals surface area contributed by atoms with Gasteiger partial charge in [0.05, 0.1) is 39.6 Å². The summed E-state index contributed by atoms with van der Waals surface area (Å²) < 4.78 is 15.7. The van der Waals surface area contributed by atoms with Gasteiger partial charge in [-0.25, -0.2) is 0 Å². The third-order valence-corrected chi connectivity index (χ3v) is 3.04. The lowest BCUT2D eigenvalue weighted by molar-refractivity contribution is -0.137. The van der Waals surface area contributed by atoms with E-state index >= 15 is 0 Å². The quantitative estimate of drug-likeness (QED) is 0.289. The maximum atomic E-state index is 11.6. The second-order valence-corrected chi connectivity index (χ2v) is 4.89. The van der Waals surface area contributed by atoms with Crippen LogP contribution in [0.4, 0.5) is 0 Å². The van der Waals surface area contributed by atoms with E-state index in [-0.39, 0.29) is 30.7 Å². The van der Waals surface area contributed by atoms with E-state index in [1.807, 2.05) is 0 Å². The minimum Gasteiger partial charge on any atom is -0.378 e. The van der Waals surface area contributed by atoms with Gasteiger partial charge in [0.2, 0.25) is 5.91 Å². The average molecular weight is 343 g/mol. The molecule has 0 spiro atoms. The van der Waals surface area contributed by atoms with Gasteiger partial charge < -0.3 is 25.3 Å². The number of rotatable bonds is 14. The molecule has 0 bridgehead atoms. The van der Waals surface area contributed by atoms with Crippen LogP contribution < -0.4 is 11.1 Å². The molecule has 3 amide bonds. The molecule has 0 saturated heterocycles. The van der Waals surface area contributed by atoms with E-state index in [0.29, 0.717) is 52.7 Å². The first kappa shape index (κ1) is 20.2. The fraction of sp³-hybridized carbons (Fsp3) is 0.667. The lowest BCUT2D eigenvalue weighted by atomic mass is 10.3. The van der Waals surface area contributed by atoms with Gasteiger partial charge in [-0.15, -0.1) is 0 Å². The molecule has 136 valence electrons. The molecule has 1 aliphatic rings. The number of amides is 3. The van der Waals surface area contributed by atoms with E-state index in [0.717, 1.165) is 4.90 Å². The van der Waals surface area contributed by atoms with Crippen LogP contribution in [-0.4, -0.2) is 81.9 Å². The lowest BCUT2D eigenvalue weighted by Crippen LogP contribution is -2.35. The number of carbonyl (C=O) groups is 3. The zero-order valence-corrected chi connectivity index (χ0v) is 13.7. The van der Waals surface area contributed by atoms with Crippen molar-refractivity contribution in [1.29, 1.82) is 0 Å². The van der Waals surface area contributed by atoms with Crippen LogP contribution in [0.5, 0.6) is 0 Å². The van der Waals surface area contributed by atoms with Crippen molar-refractivity contribution in [2.45, 2.75) is 6.42 Å². The van der Waals surface area contributed by atoms with Crippen LogP contribution in [0.3, 0.4) is 0 Å². The maximum absolute atomic E-state index is 11.6. The Morgan fingerprint density at radius 2 is 1.50 bits per heavy atom. The molecule has 0 aliphatic carbocycles. The number of nitrogens with one attached hydrogen (secondary N) is 1. The van der Waals surface area contributed by atoms with Crippen molar-refractivity contribution in [2.24, 2.45) is 5.73 Å². The first-order chi connectivity index (χ1) is 11.6. The predicted molar refractivity (Wildman–Crippen MR) is 85.0 cm³/mol. The topological polar surface area (TPSA) is 120 Å². The number of nitrogens with two attached hydrogens (primary N) is 1. The first-order valence-electron chi connectivity index (χ1n) is 7.88. The monoisotopic (exact) mass is 343 g/mol.